The second-order valence-corrected chi connectivity index (χ2v) is 7.36. The molecule has 0 aromatic heterocycles. The van der Waals surface area contributed by atoms with Crippen molar-refractivity contribution in [1.82, 2.24) is 4.90 Å². The van der Waals surface area contributed by atoms with Crippen LogP contribution in [-0.4, -0.2) is 46.6 Å². The average Bonchev–Trinajstić information content (AvgIpc) is 2.64. The molecule has 29 heavy (non-hydrogen) atoms. The van der Waals surface area contributed by atoms with E-state index < -0.39 is 11.9 Å². The predicted molar refractivity (Wildman–Crippen MR) is 119 cm³/mol. The Morgan fingerprint density at radius 3 is 1.66 bits per heavy atom. The molecule has 0 atom stereocenters. The molecule has 0 unspecified atom stereocenters. The van der Waals surface area contributed by atoms with Crippen LogP contribution in [0.25, 0.3) is 0 Å². The number of hydrogen-bond donors (Lipinski definition) is 4. The molecule has 0 radical (unpaired) electrons. The van der Waals surface area contributed by atoms with Crippen molar-refractivity contribution in [3.8, 4) is 0 Å². The van der Waals surface area contributed by atoms with Crippen molar-refractivity contribution in [2.45, 2.75) is 96.8 Å². The largest absolute Gasteiger partial charge is 0.481 e. The maximum atomic E-state index is 10.3. The first-order valence-corrected chi connectivity index (χ1v) is 10.9. The van der Waals surface area contributed by atoms with E-state index in [-0.39, 0.29) is 12.5 Å². The van der Waals surface area contributed by atoms with E-state index in [2.05, 4.69) is 19.1 Å². The standard InChI is InChI=1S/C18H34O2.C4H9N3O2/c1-2-3-4-5-6-7-8-9-10-11-12-13-14-15-16-17-18(19)20;1-7(4(5)6)2-3(8)9/h9-10H,2-8,11-17H2,1H3,(H,19,20);2H2,1H3,(H3,5,6)(H,8,9)/b10-9-;. The van der Waals surface area contributed by atoms with Crippen LogP contribution in [0.2, 0.25) is 0 Å². The van der Waals surface area contributed by atoms with Crippen molar-refractivity contribution < 1.29 is 19.8 Å². The maximum absolute atomic E-state index is 10.3. The number of rotatable bonds is 17. The summed E-state index contributed by atoms with van der Waals surface area (Å²) in [5, 5.41) is 23.4. The Kier molecular flexibility index (Phi) is 22.4. The van der Waals surface area contributed by atoms with Gasteiger partial charge < -0.3 is 20.8 Å². The number of unbranched alkanes of at least 4 members (excludes halogenated alkanes) is 11. The van der Waals surface area contributed by atoms with Crippen LogP contribution in [0.4, 0.5) is 0 Å². The molecule has 0 aromatic carbocycles. The highest BCUT2D eigenvalue weighted by atomic mass is 16.4. The van der Waals surface area contributed by atoms with Gasteiger partial charge in [0.05, 0.1) is 0 Å². The number of hydrogen-bond acceptors (Lipinski definition) is 3. The zero-order chi connectivity index (χ0) is 22.3. The molecule has 0 aliphatic heterocycles. The van der Waals surface area contributed by atoms with Gasteiger partial charge in [-0.3, -0.25) is 15.0 Å². The van der Waals surface area contributed by atoms with Crippen LogP contribution in [0.3, 0.4) is 0 Å². The van der Waals surface area contributed by atoms with E-state index >= 15 is 0 Å². The van der Waals surface area contributed by atoms with Crippen molar-refractivity contribution in [2.24, 2.45) is 5.73 Å². The SMILES string of the molecule is CCCCCCCC/C=C\CCCCCCCC(=O)O.CN(CC(=O)O)C(=N)N. The number of carboxylic acids is 2. The van der Waals surface area contributed by atoms with Crippen LogP contribution >= 0.6 is 0 Å². The molecule has 7 heteroatoms. The molecule has 0 fully saturated rings. The van der Waals surface area contributed by atoms with E-state index in [4.69, 9.17) is 21.4 Å². The number of nitrogens with one attached hydrogen (secondary N) is 1. The molecule has 0 heterocycles. The molecular formula is C22H43N3O4. The Balaban J connectivity index is 0. The lowest BCUT2D eigenvalue weighted by Gasteiger charge is -2.12. The van der Waals surface area contributed by atoms with Gasteiger partial charge in [0.2, 0.25) is 0 Å². The molecule has 0 saturated heterocycles. The molecule has 0 aromatic rings. The topological polar surface area (TPSA) is 128 Å². The highest BCUT2D eigenvalue weighted by molar-refractivity contribution is 5.79. The first-order valence-electron chi connectivity index (χ1n) is 10.9. The molecule has 7 nitrogen and oxygen atoms in total. The number of nitrogens with zero attached hydrogens (tertiary/aromatic N) is 1. The molecule has 0 rings (SSSR count). The van der Waals surface area contributed by atoms with E-state index in [9.17, 15) is 9.59 Å². The summed E-state index contributed by atoms with van der Waals surface area (Å²) in [6.07, 6.45) is 21.2. The number of allylic oxidation sites excluding steroid dienone is 2. The van der Waals surface area contributed by atoms with Crippen LogP contribution in [0.5, 0.6) is 0 Å². The van der Waals surface area contributed by atoms with E-state index in [0.717, 1.165) is 17.7 Å². The van der Waals surface area contributed by atoms with Crippen molar-refractivity contribution in [1.29, 1.82) is 5.41 Å². The number of carbonyl (C=O) groups is 2. The third-order valence-electron chi connectivity index (χ3n) is 4.44. The quantitative estimate of drug-likeness (QED) is 0.115. The Labute approximate surface area is 176 Å². The van der Waals surface area contributed by atoms with Gasteiger partial charge in [0.25, 0.3) is 0 Å². The third kappa shape index (κ3) is 28.3. The van der Waals surface area contributed by atoms with E-state index in [0.29, 0.717) is 6.42 Å². The fourth-order valence-corrected chi connectivity index (χ4v) is 2.64. The van der Waals surface area contributed by atoms with Crippen molar-refractivity contribution in [2.75, 3.05) is 13.6 Å². The van der Waals surface area contributed by atoms with Crippen LogP contribution in [0.1, 0.15) is 96.8 Å². The minimum Gasteiger partial charge on any atom is -0.481 e. The molecule has 170 valence electrons. The van der Waals surface area contributed by atoms with Gasteiger partial charge in [-0.2, -0.15) is 0 Å². The summed E-state index contributed by atoms with van der Waals surface area (Å²) in [5.74, 6) is -1.90. The average molecular weight is 414 g/mol. The Hall–Kier alpha value is -2.05. The van der Waals surface area contributed by atoms with E-state index in [1.54, 1.807) is 0 Å². The fourth-order valence-electron chi connectivity index (χ4n) is 2.64. The van der Waals surface area contributed by atoms with Gasteiger partial charge in [0.1, 0.15) is 6.54 Å². The van der Waals surface area contributed by atoms with Gasteiger partial charge in [0, 0.05) is 13.5 Å². The van der Waals surface area contributed by atoms with Gasteiger partial charge in [-0.1, -0.05) is 70.4 Å². The smallest absolute Gasteiger partial charge is 0.323 e. The summed E-state index contributed by atoms with van der Waals surface area (Å²) in [5.41, 5.74) is 4.93. The first-order chi connectivity index (χ1) is 13.8. The van der Waals surface area contributed by atoms with Crippen LogP contribution in [0.15, 0.2) is 12.2 Å². The predicted octanol–water partition coefficient (Wildman–Crippen LogP) is 5.00. The zero-order valence-corrected chi connectivity index (χ0v) is 18.5. The second-order valence-electron chi connectivity index (χ2n) is 7.36. The number of nitrogens with two attached hydrogens (primary N) is 1. The van der Waals surface area contributed by atoms with Crippen LogP contribution < -0.4 is 5.73 Å². The van der Waals surface area contributed by atoms with Gasteiger partial charge in [-0.25, -0.2) is 0 Å². The van der Waals surface area contributed by atoms with Crippen LogP contribution in [-0.2, 0) is 9.59 Å². The van der Waals surface area contributed by atoms with E-state index in [1.807, 2.05) is 0 Å². The fraction of sp³-hybridized carbons (Fsp3) is 0.773. The molecule has 0 amide bonds. The van der Waals surface area contributed by atoms with Gasteiger partial charge in [0.15, 0.2) is 5.96 Å². The summed E-state index contributed by atoms with van der Waals surface area (Å²) in [6.45, 7) is 2.03. The van der Waals surface area contributed by atoms with Crippen LogP contribution in [0, 0.1) is 5.41 Å². The lowest BCUT2D eigenvalue weighted by atomic mass is 10.1. The van der Waals surface area contributed by atoms with Crippen molar-refractivity contribution >= 4 is 17.9 Å². The molecule has 0 bridgehead atoms. The number of carboxylic acid groups (broad SMARTS) is 2. The molecule has 0 spiro atoms. The molecule has 5 N–H and O–H groups in total. The lowest BCUT2D eigenvalue weighted by Crippen LogP contribution is -2.36. The Morgan fingerprint density at radius 1 is 0.828 bits per heavy atom. The minimum absolute atomic E-state index is 0.227. The molecular weight excluding hydrogens is 370 g/mol. The third-order valence-corrected chi connectivity index (χ3v) is 4.44. The summed E-state index contributed by atoms with van der Waals surface area (Å²) in [4.78, 5) is 21.4. The summed E-state index contributed by atoms with van der Waals surface area (Å²) in [6, 6.07) is 0. The highest BCUT2D eigenvalue weighted by Gasteiger charge is 2.03. The minimum atomic E-state index is -0.993. The Bertz CT molecular complexity index is 453. The lowest BCUT2D eigenvalue weighted by molar-refractivity contribution is -0.138. The number of guanidine groups is 1. The first kappa shape index (κ1) is 29.2. The van der Waals surface area contributed by atoms with Gasteiger partial charge in [-0.05, 0) is 32.1 Å². The summed E-state index contributed by atoms with van der Waals surface area (Å²) in [7, 11) is 1.44. The molecule has 0 aliphatic carbocycles. The van der Waals surface area contributed by atoms with Gasteiger partial charge in [-0.15, -0.1) is 0 Å². The zero-order valence-electron chi connectivity index (χ0n) is 18.5. The van der Waals surface area contributed by atoms with Crippen molar-refractivity contribution in [3.63, 3.8) is 0 Å². The maximum Gasteiger partial charge on any atom is 0.323 e. The summed E-state index contributed by atoms with van der Waals surface area (Å²) >= 11 is 0. The normalized spacial score (nSPS) is 10.4. The Morgan fingerprint density at radius 2 is 1.28 bits per heavy atom. The number of likely N-dealkylation sites (N-methyl/N-ethyl adjacent to an activating group) is 1. The molecule has 0 aliphatic rings. The summed E-state index contributed by atoms with van der Waals surface area (Å²) < 4.78 is 0. The van der Waals surface area contributed by atoms with Gasteiger partial charge >= 0.3 is 11.9 Å². The number of aliphatic carboxylic acids is 2. The second kappa shape index (κ2) is 22.2. The van der Waals surface area contributed by atoms with E-state index in [1.165, 1.54) is 77.7 Å². The van der Waals surface area contributed by atoms with Crippen molar-refractivity contribution in [3.05, 3.63) is 12.2 Å². The molecule has 0 saturated carbocycles. The highest BCUT2D eigenvalue weighted by Crippen LogP contribution is 2.09. The monoisotopic (exact) mass is 413 g/mol.